The molecule has 0 unspecified atom stereocenters. The van der Waals surface area contributed by atoms with Crippen LogP contribution in [0.3, 0.4) is 0 Å². The molecule has 7 nitrogen and oxygen atoms in total. The number of aromatic nitrogens is 1. The second kappa shape index (κ2) is 10.3. The van der Waals surface area contributed by atoms with Gasteiger partial charge in [0.15, 0.2) is 0 Å². The van der Waals surface area contributed by atoms with Gasteiger partial charge in [-0.15, -0.1) is 0 Å². The molecule has 0 atom stereocenters. The van der Waals surface area contributed by atoms with E-state index in [1.165, 1.54) is 0 Å². The van der Waals surface area contributed by atoms with Gasteiger partial charge in [0.2, 0.25) is 0 Å². The molecule has 1 aliphatic rings. The van der Waals surface area contributed by atoms with E-state index in [0.717, 1.165) is 34.4 Å². The summed E-state index contributed by atoms with van der Waals surface area (Å²) in [5.74, 6) is 0.640. The maximum Gasteiger partial charge on any atom is 0.409 e. The molecule has 0 radical (unpaired) electrons. The monoisotopic (exact) mass is 481 g/mol. The molecule has 1 aromatic heterocycles. The second-order valence-corrected chi connectivity index (χ2v) is 8.63. The Morgan fingerprint density at radius 1 is 1.06 bits per heavy atom. The zero-order chi connectivity index (χ0) is 24.2. The summed E-state index contributed by atoms with van der Waals surface area (Å²) in [6.45, 7) is 6.10. The fourth-order valence-corrected chi connectivity index (χ4v) is 4.31. The van der Waals surface area contributed by atoms with Crippen LogP contribution in [0.5, 0.6) is 5.75 Å². The highest BCUT2D eigenvalue weighted by Gasteiger charge is 2.26. The van der Waals surface area contributed by atoms with Crippen molar-refractivity contribution in [2.75, 3.05) is 39.9 Å². The van der Waals surface area contributed by atoms with Crippen molar-refractivity contribution in [2.24, 2.45) is 0 Å². The minimum atomic E-state index is -0.320. The van der Waals surface area contributed by atoms with Crippen LogP contribution in [0.1, 0.15) is 29.3 Å². The number of carbonyl (C=O) groups excluding carboxylic acids is 2. The van der Waals surface area contributed by atoms with Gasteiger partial charge < -0.3 is 19.3 Å². The van der Waals surface area contributed by atoms with Crippen LogP contribution < -0.4 is 4.74 Å². The van der Waals surface area contributed by atoms with Gasteiger partial charge >= 0.3 is 6.09 Å². The summed E-state index contributed by atoms with van der Waals surface area (Å²) in [5.41, 5.74) is 3.70. The molecule has 2 heterocycles. The molecular formula is C26H28ClN3O4. The normalized spacial score (nSPS) is 13.8. The molecule has 0 N–H and O–H groups in total. The fraction of sp³-hybridized carbons (Fsp3) is 0.346. The number of amides is 2. The fourth-order valence-electron chi connectivity index (χ4n) is 4.06. The topological polar surface area (TPSA) is 72.0 Å². The molecular weight excluding hydrogens is 454 g/mol. The molecule has 4 rings (SSSR count). The summed E-state index contributed by atoms with van der Waals surface area (Å²) in [4.78, 5) is 33.5. The molecule has 0 bridgehead atoms. The zero-order valence-corrected chi connectivity index (χ0v) is 20.4. The van der Waals surface area contributed by atoms with Gasteiger partial charge in [-0.25, -0.2) is 9.78 Å². The van der Waals surface area contributed by atoms with Gasteiger partial charge in [0.25, 0.3) is 5.91 Å². The average Bonchev–Trinajstić information content (AvgIpc) is 2.88. The molecule has 8 heteroatoms. The molecule has 1 fully saturated rings. The number of rotatable bonds is 5. The van der Waals surface area contributed by atoms with Crippen LogP contribution in [-0.2, 0) is 4.74 Å². The largest absolute Gasteiger partial charge is 0.497 e. The van der Waals surface area contributed by atoms with Gasteiger partial charge in [-0.1, -0.05) is 36.7 Å². The van der Waals surface area contributed by atoms with Crippen molar-refractivity contribution in [3.05, 3.63) is 58.6 Å². The number of piperazine rings is 1. The molecule has 1 saturated heterocycles. The Kier molecular flexibility index (Phi) is 7.22. The maximum atomic E-state index is 13.2. The number of hydrogen-bond acceptors (Lipinski definition) is 5. The van der Waals surface area contributed by atoms with E-state index in [-0.39, 0.29) is 12.0 Å². The van der Waals surface area contributed by atoms with E-state index in [4.69, 9.17) is 26.1 Å². The average molecular weight is 482 g/mol. The number of benzene rings is 2. The Bertz CT molecular complexity index is 1220. The Labute approximate surface area is 204 Å². The second-order valence-electron chi connectivity index (χ2n) is 8.26. The summed E-state index contributed by atoms with van der Waals surface area (Å²) >= 11 is 6.70. The lowest BCUT2D eigenvalue weighted by molar-refractivity contribution is 0.0560. The highest BCUT2D eigenvalue weighted by molar-refractivity contribution is 6.36. The highest BCUT2D eigenvalue weighted by Crippen LogP contribution is 2.34. The van der Waals surface area contributed by atoms with Crippen molar-refractivity contribution in [1.29, 1.82) is 0 Å². The van der Waals surface area contributed by atoms with Crippen molar-refractivity contribution in [1.82, 2.24) is 14.8 Å². The summed E-state index contributed by atoms with van der Waals surface area (Å²) in [6.07, 6.45) is 0.461. The molecule has 34 heavy (non-hydrogen) atoms. The van der Waals surface area contributed by atoms with E-state index in [0.29, 0.717) is 48.9 Å². The van der Waals surface area contributed by atoms with Gasteiger partial charge in [-0.2, -0.15) is 0 Å². The number of halogens is 1. The van der Waals surface area contributed by atoms with Crippen LogP contribution in [0.4, 0.5) is 4.79 Å². The third-order valence-electron chi connectivity index (χ3n) is 6.00. The lowest BCUT2D eigenvalue weighted by Crippen LogP contribution is -2.50. The molecule has 0 spiro atoms. The van der Waals surface area contributed by atoms with Gasteiger partial charge in [0.05, 0.1) is 29.9 Å². The summed E-state index contributed by atoms with van der Waals surface area (Å²) in [6, 6.07) is 13.1. The van der Waals surface area contributed by atoms with Crippen molar-refractivity contribution in [3.63, 3.8) is 0 Å². The van der Waals surface area contributed by atoms with E-state index in [1.807, 2.05) is 44.2 Å². The van der Waals surface area contributed by atoms with Crippen LogP contribution in [0, 0.1) is 6.92 Å². The van der Waals surface area contributed by atoms with Gasteiger partial charge in [0, 0.05) is 42.7 Å². The van der Waals surface area contributed by atoms with Gasteiger partial charge in [-0.05, 0) is 43.2 Å². The predicted molar refractivity (Wildman–Crippen MR) is 133 cm³/mol. The SMILES string of the molecule is CCCOC(=O)N1CCN(C(=O)c2ccc3c(Cl)c(C)c(-c4cccc(OC)c4)nc3c2)CC1. The van der Waals surface area contributed by atoms with Crippen LogP contribution in [-0.4, -0.2) is 66.7 Å². The first kappa shape index (κ1) is 23.8. The minimum absolute atomic E-state index is 0.0927. The number of pyridine rings is 1. The van der Waals surface area contributed by atoms with E-state index in [9.17, 15) is 9.59 Å². The summed E-state index contributed by atoms with van der Waals surface area (Å²) < 4.78 is 10.5. The first-order valence-electron chi connectivity index (χ1n) is 11.4. The van der Waals surface area contributed by atoms with Gasteiger partial charge in [-0.3, -0.25) is 4.79 Å². The van der Waals surface area contributed by atoms with Crippen LogP contribution >= 0.6 is 11.6 Å². The van der Waals surface area contributed by atoms with Crippen LogP contribution in [0.2, 0.25) is 5.02 Å². The predicted octanol–water partition coefficient (Wildman–Crippen LogP) is 5.18. The first-order valence-corrected chi connectivity index (χ1v) is 11.8. The lowest BCUT2D eigenvalue weighted by atomic mass is 10.0. The Hall–Kier alpha value is -3.32. The van der Waals surface area contributed by atoms with Crippen LogP contribution in [0.25, 0.3) is 22.2 Å². The number of ether oxygens (including phenoxy) is 2. The van der Waals surface area contributed by atoms with E-state index in [2.05, 4.69) is 0 Å². The molecule has 1 aliphatic heterocycles. The third kappa shape index (κ3) is 4.80. The van der Waals surface area contributed by atoms with E-state index >= 15 is 0 Å². The lowest BCUT2D eigenvalue weighted by Gasteiger charge is -2.34. The van der Waals surface area contributed by atoms with Crippen molar-refractivity contribution < 1.29 is 19.1 Å². The van der Waals surface area contributed by atoms with Crippen molar-refractivity contribution in [3.8, 4) is 17.0 Å². The highest BCUT2D eigenvalue weighted by atomic mass is 35.5. The Morgan fingerprint density at radius 2 is 1.79 bits per heavy atom. The Morgan fingerprint density at radius 3 is 2.50 bits per heavy atom. The minimum Gasteiger partial charge on any atom is -0.497 e. The molecule has 2 amide bonds. The number of hydrogen-bond donors (Lipinski definition) is 0. The standard InChI is InChI=1S/C26H28ClN3O4/c1-4-14-34-26(32)30-12-10-29(11-13-30)25(31)19-8-9-21-22(16-19)28-24(17(2)23(21)27)18-6-5-7-20(15-18)33-3/h5-9,15-16H,4,10-14H2,1-3H3. The maximum absolute atomic E-state index is 13.2. The quantitative estimate of drug-likeness (QED) is 0.502. The Balaban J connectivity index is 1.58. The third-order valence-corrected chi connectivity index (χ3v) is 6.48. The van der Waals surface area contributed by atoms with Gasteiger partial charge in [0.1, 0.15) is 5.75 Å². The van der Waals surface area contributed by atoms with E-state index in [1.54, 1.807) is 29.0 Å². The molecule has 0 saturated carbocycles. The summed E-state index contributed by atoms with van der Waals surface area (Å²) in [5, 5.41) is 1.41. The molecule has 3 aromatic rings. The smallest absolute Gasteiger partial charge is 0.409 e. The first-order chi connectivity index (χ1) is 16.4. The molecule has 0 aliphatic carbocycles. The molecule has 178 valence electrons. The number of fused-ring (bicyclic) bond motifs is 1. The van der Waals surface area contributed by atoms with Crippen molar-refractivity contribution >= 4 is 34.5 Å². The number of nitrogens with zero attached hydrogens (tertiary/aromatic N) is 3. The van der Waals surface area contributed by atoms with Crippen molar-refractivity contribution in [2.45, 2.75) is 20.3 Å². The van der Waals surface area contributed by atoms with E-state index < -0.39 is 0 Å². The van der Waals surface area contributed by atoms with Crippen LogP contribution in [0.15, 0.2) is 42.5 Å². The zero-order valence-electron chi connectivity index (χ0n) is 19.6. The molecule has 2 aromatic carbocycles. The number of methoxy groups -OCH3 is 1. The summed E-state index contributed by atoms with van der Waals surface area (Å²) in [7, 11) is 1.62. The number of carbonyl (C=O) groups is 2.